The SMILES string of the molecule is COc1ccc(C#Cc2cccc(C=C(OOSc3ccccc3)c3cccc(Br)c3)c2)cc1. The highest BCUT2D eigenvalue weighted by Crippen LogP contribution is 2.27. The molecule has 4 aromatic rings. The fourth-order valence-electron chi connectivity index (χ4n) is 3.04. The maximum absolute atomic E-state index is 5.74. The lowest BCUT2D eigenvalue weighted by molar-refractivity contribution is -0.110. The molecule has 0 saturated carbocycles. The molecule has 4 rings (SSSR count). The first-order valence-electron chi connectivity index (χ1n) is 10.5. The third kappa shape index (κ3) is 7.03. The predicted molar refractivity (Wildman–Crippen MR) is 142 cm³/mol. The largest absolute Gasteiger partial charge is 0.497 e. The van der Waals surface area contributed by atoms with Crippen LogP contribution in [0.15, 0.2) is 112 Å². The van der Waals surface area contributed by atoms with Gasteiger partial charge in [0.2, 0.25) is 0 Å². The van der Waals surface area contributed by atoms with Crippen molar-refractivity contribution in [3.8, 4) is 17.6 Å². The molecule has 3 nitrogen and oxygen atoms in total. The summed E-state index contributed by atoms with van der Waals surface area (Å²) in [6, 6.07) is 33.3. The Kier molecular flexibility index (Phi) is 8.48. The van der Waals surface area contributed by atoms with Gasteiger partial charge >= 0.3 is 0 Å². The van der Waals surface area contributed by atoms with Gasteiger partial charge in [-0.25, -0.2) is 0 Å². The van der Waals surface area contributed by atoms with Crippen LogP contribution in [0, 0.1) is 11.8 Å². The molecule has 34 heavy (non-hydrogen) atoms. The molecule has 0 aliphatic rings. The van der Waals surface area contributed by atoms with Crippen LogP contribution in [0.2, 0.25) is 0 Å². The summed E-state index contributed by atoms with van der Waals surface area (Å²) in [6.07, 6.45) is 1.94. The Morgan fingerprint density at radius 2 is 1.56 bits per heavy atom. The van der Waals surface area contributed by atoms with Crippen molar-refractivity contribution in [3.63, 3.8) is 0 Å². The monoisotopic (exact) mass is 528 g/mol. The van der Waals surface area contributed by atoms with E-state index in [-0.39, 0.29) is 0 Å². The van der Waals surface area contributed by atoms with Crippen molar-refractivity contribution in [2.45, 2.75) is 4.90 Å². The van der Waals surface area contributed by atoms with Gasteiger partial charge in [0, 0.05) is 26.1 Å². The number of methoxy groups -OCH3 is 1. The van der Waals surface area contributed by atoms with Crippen molar-refractivity contribution >= 4 is 39.8 Å². The molecule has 0 unspecified atom stereocenters. The van der Waals surface area contributed by atoms with E-state index in [0.717, 1.165) is 49.4 Å². The zero-order valence-electron chi connectivity index (χ0n) is 18.4. The van der Waals surface area contributed by atoms with Crippen LogP contribution in [-0.2, 0) is 9.22 Å². The number of hydrogen-bond donors (Lipinski definition) is 0. The second-order valence-electron chi connectivity index (χ2n) is 7.17. The fourth-order valence-corrected chi connectivity index (χ4v) is 3.90. The first-order chi connectivity index (χ1) is 16.7. The molecule has 0 spiro atoms. The summed E-state index contributed by atoms with van der Waals surface area (Å²) in [4.78, 5) is 6.69. The Balaban J connectivity index is 1.56. The number of hydrogen-bond acceptors (Lipinski definition) is 4. The van der Waals surface area contributed by atoms with Crippen LogP contribution >= 0.6 is 28.0 Å². The standard InChI is InChI=1S/C29H21BrO3S/c1-31-27-17-15-22(16-18-27)13-14-23-7-5-8-24(19-23)20-29(25-9-6-10-26(30)21-25)32-33-34-28-11-3-2-4-12-28/h2-12,15-21H,1H3. The molecule has 0 amide bonds. The summed E-state index contributed by atoms with van der Waals surface area (Å²) < 4.78 is 11.7. The maximum atomic E-state index is 5.74. The topological polar surface area (TPSA) is 27.7 Å². The molecule has 4 aromatic carbocycles. The van der Waals surface area contributed by atoms with E-state index in [1.807, 2.05) is 109 Å². The number of ether oxygens (including phenoxy) is 1. The molecule has 0 N–H and O–H groups in total. The summed E-state index contributed by atoms with van der Waals surface area (Å²) in [7, 11) is 1.65. The van der Waals surface area contributed by atoms with E-state index >= 15 is 0 Å². The number of rotatable bonds is 7. The van der Waals surface area contributed by atoms with Gasteiger partial charge in [0.15, 0.2) is 5.76 Å². The van der Waals surface area contributed by atoms with E-state index in [4.69, 9.17) is 14.0 Å². The van der Waals surface area contributed by atoms with Crippen molar-refractivity contribution < 1.29 is 14.0 Å². The van der Waals surface area contributed by atoms with Gasteiger partial charge in [-0.15, -0.1) is 4.33 Å². The third-order valence-corrected chi connectivity index (χ3v) is 5.83. The molecular weight excluding hydrogens is 508 g/mol. The lowest BCUT2D eigenvalue weighted by Crippen LogP contribution is -1.91. The van der Waals surface area contributed by atoms with Gasteiger partial charge in [-0.2, -0.15) is 0 Å². The molecule has 168 valence electrons. The third-order valence-electron chi connectivity index (χ3n) is 4.73. The molecule has 5 heteroatoms. The lowest BCUT2D eigenvalue weighted by atomic mass is 10.1. The van der Waals surface area contributed by atoms with Crippen LogP contribution in [0.3, 0.4) is 0 Å². The molecule has 0 saturated heterocycles. The average Bonchev–Trinajstić information content (AvgIpc) is 2.88. The molecule has 0 fully saturated rings. The minimum atomic E-state index is 0.588. The van der Waals surface area contributed by atoms with Gasteiger partial charge in [0.05, 0.1) is 19.2 Å². The Labute approximate surface area is 212 Å². The Morgan fingerprint density at radius 1 is 0.794 bits per heavy atom. The van der Waals surface area contributed by atoms with Crippen molar-refractivity contribution in [1.82, 2.24) is 0 Å². The van der Waals surface area contributed by atoms with E-state index in [0.29, 0.717) is 5.76 Å². The van der Waals surface area contributed by atoms with Crippen LogP contribution in [0.5, 0.6) is 5.75 Å². The van der Waals surface area contributed by atoms with Crippen LogP contribution in [0.4, 0.5) is 0 Å². The van der Waals surface area contributed by atoms with Gasteiger partial charge in [-0.05, 0) is 72.3 Å². The summed E-state index contributed by atoms with van der Waals surface area (Å²) in [6.45, 7) is 0. The Bertz CT molecular complexity index is 1320. The fraction of sp³-hybridized carbons (Fsp3) is 0.0345. The molecular formula is C29H21BrO3S. The molecule has 0 atom stereocenters. The maximum Gasteiger partial charge on any atom is 0.174 e. The first kappa shape index (κ1) is 23.7. The Morgan fingerprint density at radius 3 is 2.32 bits per heavy atom. The Hall–Kier alpha value is -3.43. The van der Waals surface area contributed by atoms with Crippen LogP contribution in [0.1, 0.15) is 22.3 Å². The van der Waals surface area contributed by atoms with E-state index in [1.165, 1.54) is 0 Å². The molecule has 0 bridgehead atoms. The number of halogens is 1. The zero-order chi connectivity index (χ0) is 23.6. The second-order valence-corrected chi connectivity index (χ2v) is 8.86. The van der Waals surface area contributed by atoms with E-state index in [1.54, 1.807) is 7.11 Å². The summed E-state index contributed by atoms with van der Waals surface area (Å²) in [5, 5.41) is 0. The van der Waals surface area contributed by atoms with Gasteiger partial charge in [0.25, 0.3) is 0 Å². The summed E-state index contributed by atoms with van der Waals surface area (Å²) in [5.74, 6) is 7.81. The smallest absolute Gasteiger partial charge is 0.174 e. The zero-order valence-corrected chi connectivity index (χ0v) is 20.8. The van der Waals surface area contributed by atoms with Gasteiger partial charge in [0.1, 0.15) is 5.75 Å². The number of benzene rings is 4. The summed E-state index contributed by atoms with van der Waals surface area (Å²) >= 11 is 4.69. The quantitative estimate of drug-likeness (QED) is 0.0605. The van der Waals surface area contributed by atoms with Crippen LogP contribution in [-0.4, -0.2) is 7.11 Å². The highest BCUT2D eigenvalue weighted by molar-refractivity contribution is 9.10. The summed E-state index contributed by atoms with van der Waals surface area (Å²) in [5.41, 5.74) is 3.66. The van der Waals surface area contributed by atoms with Crippen LogP contribution in [0.25, 0.3) is 11.8 Å². The van der Waals surface area contributed by atoms with Gasteiger partial charge in [-0.3, -0.25) is 0 Å². The second kappa shape index (κ2) is 12.2. The molecule has 0 radical (unpaired) electrons. The van der Waals surface area contributed by atoms with Crippen molar-refractivity contribution in [2.24, 2.45) is 0 Å². The highest BCUT2D eigenvalue weighted by Gasteiger charge is 2.07. The molecule has 0 aliphatic heterocycles. The highest BCUT2D eigenvalue weighted by atomic mass is 79.9. The predicted octanol–water partition coefficient (Wildman–Crippen LogP) is 8.01. The van der Waals surface area contributed by atoms with Crippen molar-refractivity contribution in [2.75, 3.05) is 7.11 Å². The minimum Gasteiger partial charge on any atom is -0.497 e. The first-order valence-corrected chi connectivity index (χ1v) is 12.0. The van der Waals surface area contributed by atoms with Gasteiger partial charge < -0.3 is 9.62 Å². The lowest BCUT2D eigenvalue weighted by Gasteiger charge is -2.09. The average molecular weight is 529 g/mol. The van der Waals surface area contributed by atoms with E-state index in [9.17, 15) is 0 Å². The normalized spacial score (nSPS) is 10.8. The molecule has 0 aromatic heterocycles. The molecule has 0 heterocycles. The van der Waals surface area contributed by atoms with Gasteiger partial charge in [-0.1, -0.05) is 70.2 Å². The van der Waals surface area contributed by atoms with E-state index in [2.05, 4.69) is 27.8 Å². The van der Waals surface area contributed by atoms with Crippen molar-refractivity contribution in [3.05, 3.63) is 130 Å². The van der Waals surface area contributed by atoms with Crippen molar-refractivity contribution in [1.29, 1.82) is 0 Å². The molecule has 0 aliphatic carbocycles. The van der Waals surface area contributed by atoms with Crippen LogP contribution < -0.4 is 4.74 Å². The van der Waals surface area contributed by atoms with E-state index < -0.39 is 0 Å². The minimum absolute atomic E-state index is 0.588.